The first-order valence-corrected chi connectivity index (χ1v) is 11.1. The molecular formula is C24H21F3N4O2S. The second-order valence-electron chi connectivity index (χ2n) is 8.31. The van der Waals surface area contributed by atoms with Crippen LogP contribution in [0.4, 0.5) is 24.0 Å². The molecule has 0 aliphatic carbocycles. The second-order valence-corrected chi connectivity index (χ2v) is 9.29. The summed E-state index contributed by atoms with van der Waals surface area (Å²) in [5.74, 6) is 0.785. The highest BCUT2D eigenvalue weighted by atomic mass is 32.1. The van der Waals surface area contributed by atoms with E-state index in [9.17, 15) is 13.2 Å². The molecule has 4 aromatic rings. The van der Waals surface area contributed by atoms with E-state index in [0.717, 1.165) is 5.56 Å². The van der Waals surface area contributed by atoms with Gasteiger partial charge in [-0.3, -0.25) is 0 Å². The number of alkyl halides is 3. The van der Waals surface area contributed by atoms with Crippen LogP contribution in [0.3, 0.4) is 0 Å². The van der Waals surface area contributed by atoms with Crippen LogP contribution in [0.5, 0.6) is 17.4 Å². The number of nitrogens with zero attached hydrogens (tertiary/aromatic N) is 3. The average molecular weight is 487 g/mol. The van der Waals surface area contributed by atoms with Gasteiger partial charge in [-0.1, -0.05) is 50.3 Å². The van der Waals surface area contributed by atoms with Crippen molar-refractivity contribution in [2.45, 2.75) is 32.5 Å². The maximum absolute atomic E-state index is 12.4. The highest BCUT2D eigenvalue weighted by Crippen LogP contribution is 2.37. The first-order valence-electron chi connectivity index (χ1n) is 10.3. The molecule has 0 radical (unpaired) electrons. The molecule has 0 unspecified atom stereocenters. The van der Waals surface area contributed by atoms with Crippen molar-refractivity contribution in [3.8, 4) is 28.0 Å². The predicted molar refractivity (Wildman–Crippen MR) is 125 cm³/mol. The topological polar surface area (TPSA) is 69.2 Å². The van der Waals surface area contributed by atoms with Gasteiger partial charge in [0.25, 0.3) is 0 Å². The number of hydrogen-bond donors (Lipinski definition) is 1. The number of nitrogens with one attached hydrogen (secondary N) is 1. The van der Waals surface area contributed by atoms with Crippen LogP contribution in [0.15, 0.2) is 66.9 Å². The van der Waals surface area contributed by atoms with Crippen LogP contribution in [0.2, 0.25) is 0 Å². The van der Waals surface area contributed by atoms with E-state index < -0.39 is 6.36 Å². The van der Waals surface area contributed by atoms with Crippen LogP contribution in [-0.2, 0) is 5.41 Å². The fraction of sp³-hybridized carbons (Fsp3) is 0.208. The summed E-state index contributed by atoms with van der Waals surface area (Å²) in [5, 5.41) is 12.4. The first-order chi connectivity index (χ1) is 16.1. The average Bonchev–Trinajstić information content (AvgIpc) is 3.23. The van der Waals surface area contributed by atoms with Crippen LogP contribution in [0, 0.1) is 0 Å². The van der Waals surface area contributed by atoms with Crippen molar-refractivity contribution in [2.75, 3.05) is 5.32 Å². The van der Waals surface area contributed by atoms with E-state index in [-0.39, 0.29) is 11.2 Å². The van der Waals surface area contributed by atoms with Gasteiger partial charge in [0.1, 0.15) is 22.2 Å². The summed E-state index contributed by atoms with van der Waals surface area (Å²) in [5.41, 5.74) is 2.14. The number of ether oxygens (including phenoxy) is 2. The molecule has 0 amide bonds. The Balaban J connectivity index is 1.53. The maximum Gasteiger partial charge on any atom is 0.573 e. The lowest BCUT2D eigenvalue weighted by atomic mass is 9.86. The number of anilines is 2. The largest absolute Gasteiger partial charge is 0.573 e. The molecule has 0 atom stereocenters. The minimum absolute atomic E-state index is 0.117. The Bertz CT molecular complexity index is 1270. The van der Waals surface area contributed by atoms with E-state index in [1.807, 2.05) is 30.3 Å². The summed E-state index contributed by atoms with van der Waals surface area (Å²) < 4.78 is 47.1. The minimum atomic E-state index is -4.74. The number of rotatable bonds is 6. The van der Waals surface area contributed by atoms with Gasteiger partial charge in [0, 0.05) is 17.3 Å². The summed E-state index contributed by atoms with van der Waals surface area (Å²) in [7, 11) is 0. The van der Waals surface area contributed by atoms with Gasteiger partial charge in [-0.2, -0.15) is 0 Å². The predicted octanol–water partition coefficient (Wildman–Crippen LogP) is 7.33. The van der Waals surface area contributed by atoms with Crippen LogP contribution < -0.4 is 14.8 Å². The van der Waals surface area contributed by atoms with E-state index >= 15 is 0 Å². The fourth-order valence-corrected chi connectivity index (χ4v) is 3.91. The van der Waals surface area contributed by atoms with Crippen molar-refractivity contribution in [1.82, 2.24) is 15.2 Å². The third-order valence-corrected chi connectivity index (χ3v) is 5.56. The van der Waals surface area contributed by atoms with Gasteiger partial charge in [0.15, 0.2) is 0 Å². The monoisotopic (exact) mass is 486 g/mol. The van der Waals surface area contributed by atoms with Gasteiger partial charge >= 0.3 is 6.36 Å². The SMILES string of the molecule is CC(C)(C)c1ccccc1Oc1ncccc1Nc1nnc(-c2ccc(OC(F)(F)F)cc2)s1. The number of pyridine rings is 1. The van der Waals surface area contributed by atoms with E-state index in [4.69, 9.17) is 4.74 Å². The minimum Gasteiger partial charge on any atom is -0.437 e. The number of para-hydroxylation sites is 1. The highest BCUT2D eigenvalue weighted by molar-refractivity contribution is 7.18. The molecule has 1 N–H and O–H groups in total. The molecular weight excluding hydrogens is 465 g/mol. The van der Waals surface area contributed by atoms with Gasteiger partial charge in [-0.25, -0.2) is 4.98 Å². The summed E-state index contributed by atoms with van der Waals surface area (Å²) in [6, 6.07) is 16.8. The highest BCUT2D eigenvalue weighted by Gasteiger charge is 2.31. The Labute approximate surface area is 198 Å². The molecule has 0 bridgehead atoms. The molecule has 2 aromatic heterocycles. The van der Waals surface area contributed by atoms with E-state index in [1.165, 1.54) is 35.6 Å². The Morgan fingerprint density at radius 1 is 0.882 bits per heavy atom. The van der Waals surface area contributed by atoms with Gasteiger partial charge in [0.2, 0.25) is 11.0 Å². The molecule has 6 nitrogen and oxygen atoms in total. The third kappa shape index (κ3) is 5.82. The molecule has 176 valence electrons. The Hall–Kier alpha value is -3.66. The van der Waals surface area contributed by atoms with Crippen LogP contribution >= 0.6 is 11.3 Å². The lowest BCUT2D eigenvalue weighted by Gasteiger charge is -2.22. The van der Waals surface area contributed by atoms with Crippen LogP contribution in [0.25, 0.3) is 10.6 Å². The summed E-state index contributed by atoms with van der Waals surface area (Å²) in [6.45, 7) is 6.33. The van der Waals surface area contributed by atoms with E-state index in [1.54, 1.807) is 12.3 Å². The molecule has 2 heterocycles. The second kappa shape index (κ2) is 9.30. The summed E-state index contributed by atoms with van der Waals surface area (Å²) in [6.07, 6.45) is -3.10. The zero-order valence-corrected chi connectivity index (χ0v) is 19.4. The van der Waals surface area contributed by atoms with Gasteiger partial charge < -0.3 is 14.8 Å². The van der Waals surface area contributed by atoms with Crippen molar-refractivity contribution in [3.05, 3.63) is 72.4 Å². The fourth-order valence-electron chi connectivity index (χ4n) is 3.15. The zero-order valence-electron chi connectivity index (χ0n) is 18.6. The van der Waals surface area contributed by atoms with Gasteiger partial charge in [-0.15, -0.1) is 23.4 Å². The van der Waals surface area contributed by atoms with Crippen molar-refractivity contribution in [3.63, 3.8) is 0 Å². The smallest absolute Gasteiger partial charge is 0.437 e. The molecule has 4 rings (SSSR count). The van der Waals surface area contributed by atoms with Crippen LogP contribution in [0.1, 0.15) is 26.3 Å². The standard InChI is InChI=1S/C24H21F3N4O2S/c1-23(2,3)17-7-4-5-9-19(17)32-20-18(8-6-14-28-20)29-22-31-30-21(34-22)15-10-12-16(13-11-15)33-24(25,26)27/h4-14H,1-3H3,(H,29,31). The molecule has 0 saturated heterocycles. The van der Waals surface area contributed by atoms with Crippen molar-refractivity contribution < 1.29 is 22.6 Å². The number of halogens is 3. The zero-order chi connectivity index (χ0) is 24.3. The van der Waals surface area contributed by atoms with E-state index in [2.05, 4.69) is 46.0 Å². The maximum atomic E-state index is 12.4. The number of benzene rings is 2. The van der Waals surface area contributed by atoms with Gasteiger partial charge in [-0.05, 0) is 47.9 Å². The molecule has 10 heteroatoms. The number of hydrogen-bond acceptors (Lipinski definition) is 7. The summed E-state index contributed by atoms with van der Waals surface area (Å²) >= 11 is 1.24. The number of aromatic nitrogens is 3. The quantitative estimate of drug-likeness (QED) is 0.308. The first kappa shape index (κ1) is 23.5. The van der Waals surface area contributed by atoms with E-state index in [0.29, 0.717) is 33.0 Å². The van der Waals surface area contributed by atoms with Gasteiger partial charge in [0.05, 0.1) is 0 Å². The van der Waals surface area contributed by atoms with Crippen LogP contribution in [-0.4, -0.2) is 21.5 Å². The molecule has 0 spiro atoms. The molecule has 0 fully saturated rings. The normalized spacial score (nSPS) is 11.8. The Morgan fingerprint density at radius 3 is 2.32 bits per heavy atom. The molecule has 0 saturated carbocycles. The molecule has 0 aliphatic heterocycles. The van der Waals surface area contributed by atoms with Crippen molar-refractivity contribution >= 4 is 22.2 Å². The molecule has 0 aliphatic rings. The van der Waals surface area contributed by atoms with Crippen molar-refractivity contribution in [2.24, 2.45) is 0 Å². The molecule has 2 aromatic carbocycles. The Kier molecular flexibility index (Phi) is 6.43. The Morgan fingerprint density at radius 2 is 1.62 bits per heavy atom. The molecule has 34 heavy (non-hydrogen) atoms. The summed E-state index contributed by atoms with van der Waals surface area (Å²) in [4.78, 5) is 4.36. The lowest BCUT2D eigenvalue weighted by molar-refractivity contribution is -0.274. The van der Waals surface area contributed by atoms with Crippen molar-refractivity contribution in [1.29, 1.82) is 0 Å². The third-order valence-electron chi connectivity index (χ3n) is 4.67. The lowest BCUT2D eigenvalue weighted by Crippen LogP contribution is -2.16.